The molecule has 0 saturated heterocycles. The Balaban J connectivity index is 2.25. The Morgan fingerprint density at radius 1 is 1.28 bits per heavy atom. The first-order chi connectivity index (χ1) is 8.54. The smallest absolute Gasteiger partial charge is 0.243 e. The van der Waals surface area contributed by atoms with Crippen LogP contribution < -0.4 is 5.73 Å². The highest BCUT2D eigenvalue weighted by molar-refractivity contribution is 7.89. The van der Waals surface area contributed by atoms with Crippen molar-refractivity contribution in [3.63, 3.8) is 0 Å². The number of benzene rings is 1. The fourth-order valence-corrected chi connectivity index (χ4v) is 3.30. The highest BCUT2D eigenvalue weighted by atomic mass is 32.2. The molecule has 0 bridgehead atoms. The van der Waals surface area contributed by atoms with Crippen molar-refractivity contribution in [2.24, 2.45) is 5.73 Å². The fourth-order valence-electron chi connectivity index (χ4n) is 1.92. The first-order valence-electron chi connectivity index (χ1n) is 5.99. The number of sulfonamides is 1. The third-order valence-corrected chi connectivity index (χ3v) is 5.08. The lowest BCUT2D eigenvalue weighted by Crippen LogP contribution is -2.34. The molecule has 2 N–H and O–H groups in total. The van der Waals surface area contributed by atoms with Gasteiger partial charge < -0.3 is 5.73 Å². The van der Waals surface area contributed by atoms with E-state index in [1.165, 1.54) is 9.88 Å². The van der Waals surface area contributed by atoms with E-state index < -0.39 is 10.0 Å². The van der Waals surface area contributed by atoms with E-state index in [2.05, 4.69) is 0 Å². The molecule has 1 aromatic rings. The van der Waals surface area contributed by atoms with Crippen LogP contribution in [0, 0.1) is 0 Å². The van der Waals surface area contributed by atoms with Gasteiger partial charge in [0.1, 0.15) is 0 Å². The van der Waals surface area contributed by atoms with Gasteiger partial charge >= 0.3 is 0 Å². The van der Waals surface area contributed by atoms with E-state index in [0.29, 0.717) is 24.5 Å². The molecule has 5 heteroatoms. The number of hydrogen-bond acceptors (Lipinski definition) is 3. The Bertz CT molecular complexity index is 547. The SMILES string of the molecule is CC1=CCN(S(=O)(=O)c2ccc(CN)cc2)CC1. The molecule has 4 nitrogen and oxygen atoms in total. The second-order valence-corrected chi connectivity index (χ2v) is 6.45. The van der Waals surface area contributed by atoms with Crippen molar-refractivity contribution in [1.82, 2.24) is 4.31 Å². The summed E-state index contributed by atoms with van der Waals surface area (Å²) < 4.78 is 26.2. The predicted molar refractivity (Wildman–Crippen MR) is 71.5 cm³/mol. The van der Waals surface area contributed by atoms with E-state index in [0.717, 1.165) is 12.0 Å². The highest BCUT2D eigenvalue weighted by Gasteiger charge is 2.25. The van der Waals surface area contributed by atoms with Gasteiger partial charge in [-0.15, -0.1) is 0 Å². The third kappa shape index (κ3) is 2.63. The molecule has 0 amide bonds. The molecule has 1 aliphatic heterocycles. The van der Waals surface area contributed by atoms with Gasteiger partial charge in [-0.3, -0.25) is 0 Å². The third-order valence-electron chi connectivity index (χ3n) is 3.20. The zero-order valence-electron chi connectivity index (χ0n) is 10.5. The van der Waals surface area contributed by atoms with Crippen molar-refractivity contribution >= 4 is 10.0 Å². The molecule has 0 fully saturated rings. The quantitative estimate of drug-likeness (QED) is 0.843. The molecular formula is C13H18N2O2S. The van der Waals surface area contributed by atoms with Crippen molar-refractivity contribution in [1.29, 1.82) is 0 Å². The average molecular weight is 266 g/mol. The van der Waals surface area contributed by atoms with Crippen LogP contribution in [0.25, 0.3) is 0 Å². The molecule has 98 valence electrons. The minimum atomic E-state index is -3.36. The largest absolute Gasteiger partial charge is 0.326 e. The van der Waals surface area contributed by atoms with E-state index in [-0.39, 0.29) is 0 Å². The van der Waals surface area contributed by atoms with E-state index >= 15 is 0 Å². The van der Waals surface area contributed by atoms with Crippen molar-refractivity contribution < 1.29 is 8.42 Å². The van der Waals surface area contributed by atoms with Gasteiger partial charge in [-0.2, -0.15) is 4.31 Å². The number of nitrogens with two attached hydrogens (primary N) is 1. The summed E-state index contributed by atoms with van der Waals surface area (Å²) >= 11 is 0. The molecule has 0 aromatic heterocycles. The van der Waals surface area contributed by atoms with Crippen molar-refractivity contribution in [2.75, 3.05) is 13.1 Å². The lowest BCUT2D eigenvalue weighted by molar-refractivity contribution is 0.431. The van der Waals surface area contributed by atoms with Crippen LogP contribution >= 0.6 is 0 Å². The Kier molecular flexibility index (Phi) is 3.85. The molecule has 1 aliphatic rings. The van der Waals surface area contributed by atoms with E-state index in [1.807, 2.05) is 13.0 Å². The summed E-state index contributed by atoms with van der Waals surface area (Å²) in [4.78, 5) is 0.340. The first kappa shape index (κ1) is 13.3. The highest BCUT2D eigenvalue weighted by Crippen LogP contribution is 2.20. The van der Waals surface area contributed by atoms with Crippen LogP contribution in [0.4, 0.5) is 0 Å². The maximum absolute atomic E-state index is 12.4. The standard InChI is InChI=1S/C13H18N2O2S/c1-11-6-8-15(9-7-11)18(16,17)13-4-2-12(10-14)3-5-13/h2-6H,7-10,14H2,1H3. The van der Waals surface area contributed by atoms with Gasteiger partial charge in [-0.05, 0) is 31.0 Å². The number of nitrogens with zero attached hydrogens (tertiary/aromatic N) is 1. The molecule has 0 saturated carbocycles. The van der Waals surface area contributed by atoms with Gasteiger partial charge in [-0.1, -0.05) is 23.8 Å². The van der Waals surface area contributed by atoms with Gasteiger partial charge in [0.15, 0.2) is 0 Å². The van der Waals surface area contributed by atoms with Gasteiger partial charge in [0.05, 0.1) is 4.90 Å². The molecule has 0 radical (unpaired) electrons. The maximum Gasteiger partial charge on any atom is 0.243 e. The maximum atomic E-state index is 12.4. The number of rotatable bonds is 3. The Morgan fingerprint density at radius 3 is 2.44 bits per heavy atom. The molecule has 1 heterocycles. The molecule has 18 heavy (non-hydrogen) atoms. The van der Waals surface area contributed by atoms with Crippen LogP contribution in [0.2, 0.25) is 0 Å². The van der Waals surface area contributed by atoms with Crippen LogP contribution in [-0.2, 0) is 16.6 Å². The summed E-state index contributed by atoms with van der Waals surface area (Å²) in [5.74, 6) is 0. The Morgan fingerprint density at radius 2 is 1.94 bits per heavy atom. The Labute approximate surface area is 108 Å². The second-order valence-electron chi connectivity index (χ2n) is 4.51. The van der Waals surface area contributed by atoms with Crippen LogP contribution in [0.3, 0.4) is 0 Å². The fraction of sp³-hybridized carbons (Fsp3) is 0.385. The lowest BCUT2D eigenvalue weighted by atomic mass is 10.1. The topological polar surface area (TPSA) is 63.4 Å². The second kappa shape index (κ2) is 5.22. The van der Waals surface area contributed by atoms with Gasteiger partial charge in [0.25, 0.3) is 0 Å². The zero-order chi connectivity index (χ0) is 13.2. The first-order valence-corrected chi connectivity index (χ1v) is 7.43. The monoisotopic (exact) mass is 266 g/mol. The van der Waals surface area contributed by atoms with Gasteiger partial charge in [0, 0.05) is 19.6 Å². The predicted octanol–water partition coefficient (Wildman–Crippen LogP) is 1.49. The van der Waals surface area contributed by atoms with Crippen LogP contribution in [0.15, 0.2) is 40.8 Å². The summed E-state index contributed by atoms with van der Waals surface area (Å²) in [7, 11) is -3.36. The summed E-state index contributed by atoms with van der Waals surface area (Å²) in [5.41, 5.74) is 7.68. The molecular weight excluding hydrogens is 248 g/mol. The van der Waals surface area contributed by atoms with Crippen molar-refractivity contribution in [3.8, 4) is 0 Å². The van der Waals surface area contributed by atoms with E-state index in [1.54, 1.807) is 24.3 Å². The molecule has 0 unspecified atom stereocenters. The summed E-state index contributed by atoms with van der Waals surface area (Å²) in [6.07, 6.45) is 2.77. The van der Waals surface area contributed by atoms with Crippen molar-refractivity contribution in [3.05, 3.63) is 41.5 Å². The van der Waals surface area contributed by atoms with E-state index in [9.17, 15) is 8.42 Å². The summed E-state index contributed by atoms with van der Waals surface area (Å²) in [5, 5.41) is 0. The van der Waals surface area contributed by atoms with Gasteiger partial charge in [-0.25, -0.2) is 8.42 Å². The van der Waals surface area contributed by atoms with Crippen LogP contribution in [0.5, 0.6) is 0 Å². The minimum absolute atomic E-state index is 0.340. The van der Waals surface area contributed by atoms with Gasteiger partial charge in [0.2, 0.25) is 10.0 Å². The number of hydrogen-bond donors (Lipinski definition) is 1. The summed E-state index contributed by atoms with van der Waals surface area (Å²) in [6.45, 7) is 3.47. The van der Waals surface area contributed by atoms with Crippen LogP contribution in [0.1, 0.15) is 18.9 Å². The molecule has 0 aliphatic carbocycles. The van der Waals surface area contributed by atoms with Crippen LogP contribution in [-0.4, -0.2) is 25.8 Å². The molecule has 2 rings (SSSR count). The molecule has 0 atom stereocenters. The lowest BCUT2D eigenvalue weighted by Gasteiger charge is -2.24. The minimum Gasteiger partial charge on any atom is -0.326 e. The van der Waals surface area contributed by atoms with E-state index in [4.69, 9.17) is 5.73 Å². The molecule has 0 spiro atoms. The average Bonchev–Trinajstić information content (AvgIpc) is 2.39. The zero-order valence-corrected chi connectivity index (χ0v) is 11.3. The molecule has 1 aromatic carbocycles. The van der Waals surface area contributed by atoms with Crippen molar-refractivity contribution in [2.45, 2.75) is 24.8 Å². The normalized spacial score (nSPS) is 17.6. The summed E-state index contributed by atoms with van der Waals surface area (Å²) in [6, 6.07) is 6.78. The Hall–Kier alpha value is -1.17.